The van der Waals surface area contributed by atoms with Crippen molar-refractivity contribution in [3.8, 4) is 11.1 Å². The quantitative estimate of drug-likeness (QED) is 0.358. The molecule has 1 amide bonds. The van der Waals surface area contributed by atoms with E-state index in [9.17, 15) is 9.18 Å². The molecule has 0 radical (unpaired) electrons. The number of nitrogens with one attached hydrogen (secondary N) is 2. The lowest BCUT2D eigenvalue weighted by Crippen LogP contribution is -2.12. The first kappa shape index (κ1) is 22.1. The van der Waals surface area contributed by atoms with Crippen LogP contribution < -0.4 is 16.4 Å². The van der Waals surface area contributed by atoms with Crippen LogP contribution in [0.5, 0.6) is 0 Å². The molecule has 8 nitrogen and oxygen atoms in total. The Labute approximate surface area is 194 Å². The summed E-state index contributed by atoms with van der Waals surface area (Å²) in [5, 5.41) is 6.31. The number of hydrogen-bond acceptors (Lipinski definition) is 7. The number of hydrogen-bond donors (Lipinski definition) is 3. The number of primary amides is 1. The standard InChI is InChI=1S/C23H19ClFN7O/c24-19-9-17(3-4-20(19)25)31-23-30-13-18(15-8-16(21(26)33)12-28-11-15)22(32-23)29-7-5-14-2-1-6-27-10-14/h1-4,6,8-13H,5,7H2,(H2,26,33)(H2,29,30,31,32). The van der Waals surface area contributed by atoms with E-state index in [1.165, 1.54) is 24.4 Å². The summed E-state index contributed by atoms with van der Waals surface area (Å²) in [5.41, 5.74) is 8.54. The maximum Gasteiger partial charge on any atom is 0.250 e. The zero-order valence-electron chi connectivity index (χ0n) is 17.3. The van der Waals surface area contributed by atoms with Gasteiger partial charge in [-0.05, 0) is 42.3 Å². The van der Waals surface area contributed by atoms with E-state index in [2.05, 4.69) is 30.6 Å². The lowest BCUT2D eigenvalue weighted by Gasteiger charge is -2.14. The highest BCUT2D eigenvalue weighted by molar-refractivity contribution is 6.31. The van der Waals surface area contributed by atoms with Gasteiger partial charge in [0.25, 0.3) is 0 Å². The minimum atomic E-state index is -0.581. The van der Waals surface area contributed by atoms with Crippen molar-refractivity contribution in [1.29, 1.82) is 0 Å². The molecule has 3 heterocycles. The monoisotopic (exact) mass is 463 g/mol. The molecule has 4 aromatic rings. The number of halogens is 2. The Kier molecular flexibility index (Phi) is 6.70. The Morgan fingerprint density at radius 3 is 2.73 bits per heavy atom. The van der Waals surface area contributed by atoms with Gasteiger partial charge in [-0.3, -0.25) is 14.8 Å². The van der Waals surface area contributed by atoms with Gasteiger partial charge in [-0.1, -0.05) is 17.7 Å². The van der Waals surface area contributed by atoms with Crippen molar-refractivity contribution in [3.05, 3.63) is 89.3 Å². The topological polar surface area (TPSA) is 119 Å². The van der Waals surface area contributed by atoms with E-state index in [-0.39, 0.29) is 16.5 Å². The van der Waals surface area contributed by atoms with Crippen LogP contribution in [0.25, 0.3) is 11.1 Å². The Balaban J connectivity index is 1.63. The van der Waals surface area contributed by atoms with Crippen molar-refractivity contribution in [2.45, 2.75) is 6.42 Å². The first-order valence-electron chi connectivity index (χ1n) is 9.97. The molecular weight excluding hydrogens is 445 g/mol. The molecule has 0 atom stereocenters. The van der Waals surface area contributed by atoms with Crippen LogP contribution in [0.4, 0.5) is 21.8 Å². The molecule has 4 rings (SSSR count). The van der Waals surface area contributed by atoms with Crippen molar-refractivity contribution in [2.24, 2.45) is 5.73 Å². The molecule has 0 saturated heterocycles. The summed E-state index contributed by atoms with van der Waals surface area (Å²) in [7, 11) is 0. The fourth-order valence-electron chi connectivity index (χ4n) is 3.08. The van der Waals surface area contributed by atoms with E-state index in [1.54, 1.807) is 30.9 Å². The van der Waals surface area contributed by atoms with Gasteiger partial charge in [0.1, 0.15) is 11.6 Å². The zero-order chi connectivity index (χ0) is 23.2. The zero-order valence-corrected chi connectivity index (χ0v) is 18.1. The van der Waals surface area contributed by atoms with Gasteiger partial charge in [0.05, 0.1) is 10.6 Å². The second kappa shape index (κ2) is 10.0. The second-order valence-corrected chi connectivity index (χ2v) is 7.48. The first-order valence-corrected chi connectivity index (χ1v) is 10.3. The average Bonchev–Trinajstić information content (AvgIpc) is 2.82. The van der Waals surface area contributed by atoms with Crippen molar-refractivity contribution < 1.29 is 9.18 Å². The molecule has 166 valence electrons. The third-order valence-electron chi connectivity index (χ3n) is 4.73. The molecule has 0 spiro atoms. The largest absolute Gasteiger partial charge is 0.369 e. The average molecular weight is 464 g/mol. The molecule has 0 saturated carbocycles. The molecule has 0 unspecified atom stereocenters. The normalized spacial score (nSPS) is 10.6. The molecule has 4 N–H and O–H groups in total. The predicted molar refractivity (Wildman–Crippen MR) is 125 cm³/mol. The van der Waals surface area contributed by atoms with Crippen molar-refractivity contribution in [3.63, 3.8) is 0 Å². The van der Waals surface area contributed by atoms with E-state index in [1.807, 2.05) is 12.1 Å². The van der Waals surface area contributed by atoms with E-state index in [0.717, 1.165) is 5.56 Å². The lowest BCUT2D eigenvalue weighted by molar-refractivity contribution is 0.1000. The Bertz CT molecular complexity index is 1290. The maximum atomic E-state index is 13.5. The van der Waals surface area contributed by atoms with E-state index in [0.29, 0.717) is 35.6 Å². The van der Waals surface area contributed by atoms with Crippen LogP contribution in [-0.2, 0) is 6.42 Å². The Morgan fingerprint density at radius 1 is 1.09 bits per heavy atom. The third-order valence-corrected chi connectivity index (χ3v) is 5.02. The highest BCUT2D eigenvalue weighted by atomic mass is 35.5. The second-order valence-electron chi connectivity index (χ2n) is 7.07. The van der Waals surface area contributed by atoms with Crippen LogP contribution >= 0.6 is 11.6 Å². The number of nitrogens with two attached hydrogens (primary N) is 1. The van der Waals surface area contributed by atoms with Crippen LogP contribution in [0.1, 0.15) is 15.9 Å². The van der Waals surface area contributed by atoms with Gasteiger partial charge in [0, 0.05) is 54.3 Å². The van der Waals surface area contributed by atoms with E-state index < -0.39 is 11.7 Å². The van der Waals surface area contributed by atoms with Gasteiger partial charge < -0.3 is 16.4 Å². The van der Waals surface area contributed by atoms with Gasteiger partial charge in [0.15, 0.2) is 0 Å². The summed E-state index contributed by atoms with van der Waals surface area (Å²) in [6.07, 6.45) is 8.84. The summed E-state index contributed by atoms with van der Waals surface area (Å²) < 4.78 is 13.5. The first-order chi connectivity index (χ1) is 16.0. The number of carbonyl (C=O) groups excluding carboxylic acids is 1. The smallest absolute Gasteiger partial charge is 0.250 e. The van der Waals surface area contributed by atoms with Gasteiger partial charge in [0.2, 0.25) is 11.9 Å². The fourth-order valence-corrected chi connectivity index (χ4v) is 3.26. The molecule has 0 aliphatic carbocycles. The van der Waals surface area contributed by atoms with Gasteiger partial charge in [-0.15, -0.1) is 0 Å². The van der Waals surface area contributed by atoms with Crippen LogP contribution in [-0.4, -0.2) is 32.4 Å². The Hall–Kier alpha value is -4.11. The number of nitrogens with zero attached hydrogens (tertiary/aromatic N) is 4. The summed E-state index contributed by atoms with van der Waals surface area (Å²) in [4.78, 5) is 28.7. The number of rotatable bonds is 8. The molecule has 0 aliphatic rings. The molecule has 0 bridgehead atoms. The highest BCUT2D eigenvalue weighted by Crippen LogP contribution is 2.28. The van der Waals surface area contributed by atoms with E-state index >= 15 is 0 Å². The van der Waals surface area contributed by atoms with Crippen molar-refractivity contribution >= 4 is 35.0 Å². The molecule has 0 fully saturated rings. The summed E-state index contributed by atoms with van der Waals surface area (Å²) >= 11 is 5.87. The highest BCUT2D eigenvalue weighted by Gasteiger charge is 2.13. The minimum Gasteiger partial charge on any atom is -0.369 e. The molecule has 10 heteroatoms. The number of carbonyl (C=O) groups is 1. The number of benzene rings is 1. The van der Waals surface area contributed by atoms with Crippen LogP contribution in [0.15, 0.2) is 67.4 Å². The van der Waals surface area contributed by atoms with Gasteiger partial charge >= 0.3 is 0 Å². The summed E-state index contributed by atoms with van der Waals surface area (Å²) in [5.74, 6) is -0.293. The fraction of sp³-hybridized carbons (Fsp3) is 0.0870. The third kappa shape index (κ3) is 5.58. The molecular formula is C23H19ClFN7O. The van der Waals surface area contributed by atoms with E-state index in [4.69, 9.17) is 17.3 Å². The summed E-state index contributed by atoms with van der Waals surface area (Å²) in [6.45, 7) is 0.570. The number of anilines is 3. The van der Waals surface area contributed by atoms with Gasteiger partial charge in [-0.2, -0.15) is 4.98 Å². The van der Waals surface area contributed by atoms with Crippen molar-refractivity contribution in [2.75, 3.05) is 17.2 Å². The molecule has 1 aromatic carbocycles. The van der Waals surface area contributed by atoms with Crippen LogP contribution in [0.3, 0.4) is 0 Å². The maximum absolute atomic E-state index is 13.5. The number of pyridine rings is 2. The van der Waals surface area contributed by atoms with Crippen LogP contribution in [0, 0.1) is 5.82 Å². The van der Waals surface area contributed by atoms with Crippen molar-refractivity contribution in [1.82, 2.24) is 19.9 Å². The van der Waals surface area contributed by atoms with Crippen LogP contribution in [0.2, 0.25) is 5.02 Å². The predicted octanol–water partition coefficient (Wildman–Crippen LogP) is 4.22. The molecule has 3 aromatic heterocycles. The number of amides is 1. The number of aromatic nitrogens is 4. The Morgan fingerprint density at radius 2 is 1.97 bits per heavy atom. The SMILES string of the molecule is NC(=O)c1cncc(-c2cnc(Nc3ccc(F)c(Cl)c3)nc2NCCc2cccnc2)c1. The summed E-state index contributed by atoms with van der Waals surface area (Å²) in [6, 6.07) is 9.74. The minimum absolute atomic E-state index is 0.0132. The lowest BCUT2D eigenvalue weighted by atomic mass is 10.1. The molecule has 33 heavy (non-hydrogen) atoms. The van der Waals surface area contributed by atoms with Gasteiger partial charge in [-0.25, -0.2) is 9.37 Å². The molecule has 0 aliphatic heterocycles.